The first-order valence-electron chi connectivity index (χ1n) is 5.45. The molecule has 0 aromatic carbocycles. The molecule has 0 radical (unpaired) electrons. The Bertz CT molecular complexity index is 301. The first-order valence-corrected chi connectivity index (χ1v) is 5.45. The van der Waals surface area contributed by atoms with E-state index in [-0.39, 0.29) is 0 Å². The molecule has 1 aliphatic carbocycles. The molecule has 0 bridgehead atoms. The number of ether oxygens (including phenoxy) is 1. The van der Waals surface area contributed by atoms with Crippen LogP contribution in [0.5, 0.6) is 0 Å². The van der Waals surface area contributed by atoms with Gasteiger partial charge in [-0.15, -0.1) is 0 Å². The monoisotopic (exact) mass is 244 g/mol. The molecule has 1 aliphatic rings. The van der Waals surface area contributed by atoms with E-state index in [0.717, 1.165) is 12.8 Å². The van der Waals surface area contributed by atoms with Crippen LogP contribution in [0, 0.1) is 5.92 Å². The molecule has 96 valence electrons. The van der Waals surface area contributed by atoms with Gasteiger partial charge in [0.2, 0.25) is 0 Å². The summed E-state index contributed by atoms with van der Waals surface area (Å²) >= 11 is 0. The molecule has 0 atom stereocenters. The van der Waals surface area contributed by atoms with Crippen molar-refractivity contribution in [2.45, 2.75) is 19.3 Å². The van der Waals surface area contributed by atoms with Gasteiger partial charge in [0.1, 0.15) is 13.2 Å². The molecule has 7 heteroatoms. The number of carbonyl (C=O) groups is 3. The van der Waals surface area contributed by atoms with E-state index in [2.05, 4.69) is 15.4 Å². The van der Waals surface area contributed by atoms with Gasteiger partial charge in [-0.3, -0.25) is 10.1 Å². The Balaban J connectivity index is 2.03. The smallest absolute Gasteiger partial charge is 0.329 e. The Hall–Kier alpha value is -1.63. The lowest BCUT2D eigenvalue weighted by Gasteiger charge is -2.25. The van der Waals surface area contributed by atoms with E-state index in [1.807, 2.05) is 0 Å². The van der Waals surface area contributed by atoms with Crippen LogP contribution in [0.25, 0.3) is 0 Å². The van der Waals surface area contributed by atoms with Crippen molar-refractivity contribution in [1.82, 2.24) is 10.6 Å². The summed E-state index contributed by atoms with van der Waals surface area (Å²) in [6, 6.07) is -0.569. The standard InChI is InChI=1S/C10H16N2O5/c13-8(5-17-6-9(14)15)12-10(16)11-4-7-2-1-3-7/h7H,1-6H2,(H,14,15)(H2,11,12,13,16). The Labute approximate surface area is 98.5 Å². The molecule has 0 heterocycles. The Morgan fingerprint density at radius 1 is 1.24 bits per heavy atom. The lowest BCUT2D eigenvalue weighted by Crippen LogP contribution is -2.43. The van der Waals surface area contributed by atoms with Gasteiger partial charge in [0, 0.05) is 6.54 Å². The number of hydrogen-bond acceptors (Lipinski definition) is 4. The normalized spacial score (nSPS) is 14.8. The topological polar surface area (TPSA) is 105 Å². The molecule has 7 nitrogen and oxygen atoms in total. The van der Waals surface area contributed by atoms with Crippen LogP contribution in [0.2, 0.25) is 0 Å². The van der Waals surface area contributed by atoms with E-state index in [1.54, 1.807) is 0 Å². The lowest BCUT2D eigenvalue weighted by molar-refractivity contribution is -0.143. The van der Waals surface area contributed by atoms with Gasteiger partial charge in [-0.1, -0.05) is 6.42 Å². The molecule has 1 rings (SSSR count). The molecule has 0 aromatic heterocycles. The second-order valence-electron chi connectivity index (χ2n) is 3.94. The van der Waals surface area contributed by atoms with Gasteiger partial charge >= 0.3 is 12.0 Å². The first kappa shape index (κ1) is 13.4. The highest BCUT2D eigenvalue weighted by molar-refractivity contribution is 5.94. The number of carboxylic acid groups (broad SMARTS) is 1. The van der Waals surface area contributed by atoms with Crippen molar-refractivity contribution in [3.05, 3.63) is 0 Å². The first-order chi connectivity index (χ1) is 8.08. The highest BCUT2D eigenvalue weighted by Gasteiger charge is 2.18. The fourth-order valence-corrected chi connectivity index (χ4v) is 1.37. The largest absolute Gasteiger partial charge is 0.480 e. The van der Waals surface area contributed by atoms with Gasteiger partial charge in [-0.2, -0.15) is 0 Å². The third-order valence-corrected chi connectivity index (χ3v) is 2.49. The van der Waals surface area contributed by atoms with Crippen molar-refractivity contribution < 1.29 is 24.2 Å². The molecule has 17 heavy (non-hydrogen) atoms. The van der Waals surface area contributed by atoms with Crippen LogP contribution in [0.1, 0.15) is 19.3 Å². The number of rotatable bonds is 6. The second-order valence-corrected chi connectivity index (χ2v) is 3.94. The predicted molar refractivity (Wildman–Crippen MR) is 57.3 cm³/mol. The molecule has 1 fully saturated rings. The highest BCUT2D eigenvalue weighted by atomic mass is 16.5. The maximum Gasteiger partial charge on any atom is 0.329 e. The number of aliphatic carboxylic acids is 1. The van der Waals surface area contributed by atoms with Gasteiger partial charge in [-0.05, 0) is 18.8 Å². The minimum atomic E-state index is -1.16. The van der Waals surface area contributed by atoms with Crippen LogP contribution < -0.4 is 10.6 Å². The molecule has 1 saturated carbocycles. The van der Waals surface area contributed by atoms with Crippen molar-refractivity contribution in [1.29, 1.82) is 0 Å². The van der Waals surface area contributed by atoms with Gasteiger partial charge in [-0.25, -0.2) is 9.59 Å². The van der Waals surface area contributed by atoms with Crippen LogP contribution in [0.4, 0.5) is 4.79 Å². The van der Waals surface area contributed by atoms with Crippen molar-refractivity contribution in [2.75, 3.05) is 19.8 Å². The zero-order valence-electron chi connectivity index (χ0n) is 9.40. The second kappa shape index (κ2) is 6.85. The number of amides is 3. The van der Waals surface area contributed by atoms with Crippen molar-refractivity contribution in [3.8, 4) is 0 Å². The average molecular weight is 244 g/mol. The highest BCUT2D eigenvalue weighted by Crippen LogP contribution is 2.24. The van der Waals surface area contributed by atoms with E-state index >= 15 is 0 Å². The molecule has 0 aromatic rings. The number of urea groups is 1. The van der Waals surface area contributed by atoms with E-state index < -0.39 is 31.1 Å². The van der Waals surface area contributed by atoms with Gasteiger partial charge in [0.05, 0.1) is 0 Å². The quantitative estimate of drug-likeness (QED) is 0.595. The SMILES string of the molecule is O=C(O)COCC(=O)NC(=O)NCC1CCC1. The van der Waals surface area contributed by atoms with E-state index in [0.29, 0.717) is 12.5 Å². The number of nitrogens with one attached hydrogen (secondary N) is 2. The molecular weight excluding hydrogens is 228 g/mol. The molecular formula is C10H16N2O5. The average Bonchev–Trinajstić information content (AvgIpc) is 2.14. The van der Waals surface area contributed by atoms with Crippen molar-refractivity contribution in [2.24, 2.45) is 5.92 Å². The third kappa shape index (κ3) is 5.86. The summed E-state index contributed by atoms with van der Waals surface area (Å²) in [4.78, 5) is 32.3. The van der Waals surface area contributed by atoms with Crippen molar-refractivity contribution >= 4 is 17.9 Å². The lowest BCUT2D eigenvalue weighted by atomic mass is 9.85. The summed E-state index contributed by atoms with van der Waals surface area (Å²) in [5, 5.41) is 12.9. The van der Waals surface area contributed by atoms with E-state index in [4.69, 9.17) is 5.11 Å². The van der Waals surface area contributed by atoms with Gasteiger partial charge in [0.25, 0.3) is 5.91 Å². The molecule has 3 N–H and O–H groups in total. The van der Waals surface area contributed by atoms with Crippen LogP contribution in [-0.2, 0) is 14.3 Å². The number of carboxylic acids is 1. The molecule has 0 unspecified atom stereocenters. The summed E-state index contributed by atoms with van der Waals surface area (Å²) in [6.07, 6.45) is 3.40. The fraction of sp³-hybridized carbons (Fsp3) is 0.700. The fourth-order valence-electron chi connectivity index (χ4n) is 1.37. The summed E-state index contributed by atoms with van der Waals surface area (Å²) in [5.41, 5.74) is 0. The zero-order chi connectivity index (χ0) is 12.7. The van der Waals surface area contributed by atoms with E-state index in [1.165, 1.54) is 6.42 Å². The van der Waals surface area contributed by atoms with Crippen molar-refractivity contribution in [3.63, 3.8) is 0 Å². The third-order valence-electron chi connectivity index (χ3n) is 2.49. The minimum absolute atomic E-state index is 0.441. The van der Waals surface area contributed by atoms with Crippen LogP contribution in [0.3, 0.4) is 0 Å². The van der Waals surface area contributed by atoms with Crippen LogP contribution >= 0.6 is 0 Å². The Morgan fingerprint density at radius 3 is 2.47 bits per heavy atom. The summed E-state index contributed by atoms with van der Waals surface area (Å²) in [6.45, 7) is -0.435. The van der Waals surface area contributed by atoms with Gasteiger partial charge < -0.3 is 15.2 Å². The minimum Gasteiger partial charge on any atom is -0.480 e. The van der Waals surface area contributed by atoms with Crippen LogP contribution in [0.15, 0.2) is 0 Å². The summed E-state index contributed by atoms with van der Waals surface area (Å²) in [7, 11) is 0. The summed E-state index contributed by atoms with van der Waals surface area (Å²) < 4.78 is 4.52. The van der Waals surface area contributed by atoms with E-state index in [9.17, 15) is 14.4 Å². The summed E-state index contributed by atoms with van der Waals surface area (Å²) in [5.74, 6) is -1.30. The zero-order valence-corrected chi connectivity index (χ0v) is 9.40. The number of carbonyl (C=O) groups excluding carboxylic acids is 2. The number of hydrogen-bond donors (Lipinski definition) is 3. The van der Waals surface area contributed by atoms with Gasteiger partial charge in [0.15, 0.2) is 0 Å². The molecule has 3 amide bonds. The van der Waals surface area contributed by atoms with Crippen LogP contribution in [-0.4, -0.2) is 42.8 Å². The molecule has 0 saturated heterocycles. The Morgan fingerprint density at radius 2 is 1.94 bits per heavy atom. The molecule has 0 aliphatic heterocycles. The number of imide groups is 1. The predicted octanol–water partition coefficient (Wildman–Crippen LogP) is -0.286. The maximum absolute atomic E-state index is 11.2. The maximum atomic E-state index is 11.2. The molecule has 0 spiro atoms. The Kier molecular flexibility index (Phi) is 5.41.